The van der Waals surface area contributed by atoms with Crippen LogP contribution >= 0.6 is 0 Å². The summed E-state index contributed by atoms with van der Waals surface area (Å²) in [6.07, 6.45) is 7.14. The van der Waals surface area contributed by atoms with Gasteiger partial charge in [-0.25, -0.2) is 4.98 Å². The zero-order valence-electron chi connectivity index (χ0n) is 9.69. The summed E-state index contributed by atoms with van der Waals surface area (Å²) in [5.41, 5.74) is 5.57. The average molecular weight is 221 g/mol. The van der Waals surface area contributed by atoms with E-state index in [9.17, 15) is 0 Å². The first-order valence-electron chi connectivity index (χ1n) is 5.77. The molecular weight excluding hydrogens is 202 g/mol. The minimum Gasteiger partial charge on any atom is -0.382 e. The number of hydrogen-bond acceptors (Lipinski definition) is 5. The van der Waals surface area contributed by atoms with Gasteiger partial charge in [0.2, 0.25) is 0 Å². The molecule has 1 saturated heterocycles. The SMILES string of the molecule is CN1CCCCC1CNc1cncc(N)n1. The molecule has 0 aliphatic carbocycles. The molecular formula is C11H19N5. The van der Waals surface area contributed by atoms with Crippen molar-refractivity contribution in [2.24, 2.45) is 0 Å². The van der Waals surface area contributed by atoms with Gasteiger partial charge >= 0.3 is 0 Å². The van der Waals surface area contributed by atoms with E-state index in [1.807, 2.05) is 0 Å². The van der Waals surface area contributed by atoms with Crippen molar-refractivity contribution in [3.63, 3.8) is 0 Å². The predicted molar refractivity (Wildman–Crippen MR) is 65.2 cm³/mol. The van der Waals surface area contributed by atoms with Crippen LogP contribution in [0.25, 0.3) is 0 Å². The lowest BCUT2D eigenvalue weighted by Crippen LogP contribution is -2.40. The Balaban J connectivity index is 1.86. The Morgan fingerprint density at radius 2 is 2.38 bits per heavy atom. The van der Waals surface area contributed by atoms with Crippen molar-refractivity contribution in [3.8, 4) is 0 Å². The molecule has 0 bridgehead atoms. The number of likely N-dealkylation sites (N-methyl/N-ethyl adjacent to an activating group) is 1. The van der Waals surface area contributed by atoms with E-state index in [4.69, 9.17) is 5.73 Å². The molecule has 1 aromatic heterocycles. The molecule has 1 unspecified atom stereocenters. The molecule has 1 aliphatic heterocycles. The highest BCUT2D eigenvalue weighted by atomic mass is 15.2. The fraction of sp³-hybridized carbons (Fsp3) is 0.636. The third-order valence-electron chi connectivity index (χ3n) is 3.09. The van der Waals surface area contributed by atoms with Crippen molar-refractivity contribution in [1.82, 2.24) is 14.9 Å². The van der Waals surface area contributed by atoms with Crippen LogP contribution in [-0.4, -0.2) is 41.0 Å². The van der Waals surface area contributed by atoms with Crippen LogP contribution in [0.2, 0.25) is 0 Å². The number of anilines is 2. The first kappa shape index (κ1) is 11.1. The lowest BCUT2D eigenvalue weighted by atomic mass is 10.0. The minimum absolute atomic E-state index is 0.460. The third kappa shape index (κ3) is 2.82. The predicted octanol–water partition coefficient (Wildman–Crippen LogP) is 0.955. The number of nitrogens with one attached hydrogen (secondary N) is 1. The van der Waals surface area contributed by atoms with Crippen LogP contribution in [0, 0.1) is 0 Å². The van der Waals surface area contributed by atoms with Crippen molar-refractivity contribution >= 4 is 11.6 Å². The molecule has 88 valence electrons. The second kappa shape index (κ2) is 5.12. The summed E-state index contributed by atoms with van der Waals surface area (Å²) in [5.74, 6) is 1.22. The van der Waals surface area contributed by atoms with Gasteiger partial charge in [0, 0.05) is 12.6 Å². The largest absolute Gasteiger partial charge is 0.382 e. The monoisotopic (exact) mass is 221 g/mol. The first-order valence-corrected chi connectivity index (χ1v) is 5.77. The molecule has 2 rings (SSSR count). The van der Waals surface area contributed by atoms with Crippen molar-refractivity contribution in [2.45, 2.75) is 25.3 Å². The second-order valence-corrected chi connectivity index (χ2v) is 4.34. The van der Waals surface area contributed by atoms with E-state index in [0.29, 0.717) is 11.9 Å². The summed E-state index contributed by atoms with van der Waals surface area (Å²) in [7, 11) is 2.18. The molecule has 0 radical (unpaired) electrons. The van der Waals surface area contributed by atoms with Crippen LogP contribution < -0.4 is 11.1 Å². The summed E-state index contributed by atoms with van der Waals surface area (Å²) < 4.78 is 0. The third-order valence-corrected chi connectivity index (χ3v) is 3.09. The highest BCUT2D eigenvalue weighted by Gasteiger charge is 2.18. The van der Waals surface area contributed by atoms with E-state index in [1.54, 1.807) is 12.4 Å². The van der Waals surface area contributed by atoms with Gasteiger partial charge in [-0.1, -0.05) is 6.42 Å². The van der Waals surface area contributed by atoms with E-state index in [1.165, 1.54) is 25.8 Å². The number of nitrogen functional groups attached to an aromatic ring is 1. The Kier molecular flexibility index (Phi) is 3.56. The summed E-state index contributed by atoms with van der Waals surface area (Å²) >= 11 is 0. The van der Waals surface area contributed by atoms with Crippen LogP contribution in [0.5, 0.6) is 0 Å². The molecule has 0 amide bonds. The van der Waals surface area contributed by atoms with Crippen molar-refractivity contribution in [3.05, 3.63) is 12.4 Å². The lowest BCUT2D eigenvalue weighted by molar-refractivity contribution is 0.194. The molecule has 5 heteroatoms. The zero-order chi connectivity index (χ0) is 11.4. The van der Waals surface area contributed by atoms with Gasteiger partial charge in [0.25, 0.3) is 0 Å². The van der Waals surface area contributed by atoms with Gasteiger partial charge in [-0.3, -0.25) is 4.98 Å². The van der Waals surface area contributed by atoms with Crippen molar-refractivity contribution < 1.29 is 0 Å². The van der Waals surface area contributed by atoms with E-state index >= 15 is 0 Å². The topological polar surface area (TPSA) is 67.1 Å². The molecule has 0 spiro atoms. The summed E-state index contributed by atoms with van der Waals surface area (Å²) in [5, 5.41) is 3.29. The zero-order valence-corrected chi connectivity index (χ0v) is 9.69. The molecule has 0 saturated carbocycles. The van der Waals surface area contributed by atoms with E-state index in [2.05, 4.69) is 27.2 Å². The molecule has 5 nitrogen and oxygen atoms in total. The van der Waals surface area contributed by atoms with Gasteiger partial charge in [-0.05, 0) is 26.4 Å². The molecule has 1 aliphatic rings. The van der Waals surface area contributed by atoms with Crippen LogP contribution in [0.15, 0.2) is 12.4 Å². The van der Waals surface area contributed by atoms with E-state index in [-0.39, 0.29) is 0 Å². The molecule has 3 N–H and O–H groups in total. The van der Waals surface area contributed by atoms with Crippen molar-refractivity contribution in [1.29, 1.82) is 0 Å². The number of nitrogens with zero attached hydrogens (tertiary/aromatic N) is 3. The number of rotatable bonds is 3. The average Bonchev–Trinajstić information content (AvgIpc) is 2.28. The van der Waals surface area contributed by atoms with Crippen LogP contribution in [-0.2, 0) is 0 Å². The van der Waals surface area contributed by atoms with Crippen LogP contribution in [0.4, 0.5) is 11.6 Å². The van der Waals surface area contributed by atoms with Crippen molar-refractivity contribution in [2.75, 3.05) is 31.2 Å². The fourth-order valence-electron chi connectivity index (χ4n) is 2.09. The molecule has 1 aromatic rings. The molecule has 2 heterocycles. The Labute approximate surface area is 96.1 Å². The van der Waals surface area contributed by atoms with Gasteiger partial charge in [0.05, 0.1) is 12.4 Å². The number of nitrogens with two attached hydrogens (primary N) is 1. The van der Waals surface area contributed by atoms with Crippen LogP contribution in [0.3, 0.4) is 0 Å². The Bertz CT molecular complexity index is 341. The Morgan fingerprint density at radius 1 is 1.50 bits per heavy atom. The molecule has 0 aromatic carbocycles. The van der Waals surface area contributed by atoms with Gasteiger partial charge in [-0.15, -0.1) is 0 Å². The number of likely N-dealkylation sites (tertiary alicyclic amines) is 1. The molecule has 1 fully saturated rings. The maximum absolute atomic E-state index is 5.57. The molecule has 16 heavy (non-hydrogen) atoms. The summed E-state index contributed by atoms with van der Waals surface area (Å²) in [6, 6.07) is 0.594. The Hall–Kier alpha value is -1.36. The quantitative estimate of drug-likeness (QED) is 0.795. The second-order valence-electron chi connectivity index (χ2n) is 4.34. The Morgan fingerprint density at radius 3 is 3.12 bits per heavy atom. The first-order chi connectivity index (χ1) is 7.75. The highest BCUT2D eigenvalue weighted by molar-refractivity contribution is 5.38. The maximum atomic E-state index is 5.57. The maximum Gasteiger partial charge on any atom is 0.147 e. The standard InChI is InChI=1S/C11H19N5/c1-16-5-3-2-4-9(16)6-14-11-8-13-7-10(12)15-11/h7-9H,2-6H2,1H3,(H3,12,14,15). The summed E-state index contributed by atoms with van der Waals surface area (Å²) in [4.78, 5) is 10.6. The number of hydrogen-bond donors (Lipinski definition) is 2. The fourth-order valence-corrected chi connectivity index (χ4v) is 2.09. The van der Waals surface area contributed by atoms with Gasteiger partial charge in [-0.2, -0.15) is 0 Å². The van der Waals surface area contributed by atoms with Crippen LogP contribution in [0.1, 0.15) is 19.3 Å². The lowest BCUT2D eigenvalue weighted by Gasteiger charge is -2.32. The number of piperidine rings is 1. The van der Waals surface area contributed by atoms with Gasteiger partial charge in [0.1, 0.15) is 11.6 Å². The number of aromatic nitrogens is 2. The highest BCUT2D eigenvalue weighted by Crippen LogP contribution is 2.15. The minimum atomic E-state index is 0.460. The normalized spacial score (nSPS) is 21.9. The van der Waals surface area contributed by atoms with E-state index < -0.39 is 0 Å². The molecule has 1 atom stereocenters. The smallest absolute Gasteiger partial charge is 0.147 e. The van der Waals surface area contributed by atoms with Gasteiger partial charge < -0.3 is 16.0 Å². The van der Waals surface area contributed by atoms with Gasteiger partial charge in [0.15, 0.2) is 0 Å². The summed E-state index contributed by atoms with van der Waals surface area (Å²) in [6.45, 7) is 2.10. The van der Waals surface area contributed by atoms with E-state index in [0.717, 1.165) is 12.4 Å².